The second-order valence-electron chi connectivity index (χ2n) is 6.47. The van der Waals surface area contributed by atoms with Crippen LogP contribution in [0.3, 0.4) is 0 Å². The lowest BCUT2D eigenvalue weighted by molar-refractivity contribution is 0.102. The number of rotatable bonds is 7. The molecule has 9 heteroatoms. The second kappa shape index (κ2) is 8.80. The van der Waals surface area contributed by atoms with Gasteiger partial charge in [0.25, 0.3) is 5.91 Å². The Hall–Kier alpha value is -3.98. The molecule has 0 aliphatic carbocycles. The van der Waals surface area contributed by atoms with Crippen LogP contribution in [0, 0.1) is 0 Å². The first-order chi connectivity index (χ1) is 15.0. The summed E-state index contributed by atoms with van der Waals surface area (Å²) in [6, 6.07) is 23.5. The van der Waals surface area contributed by atoms with E-state index in [0.29, 0.717) is 17.1 Å². The number of ether oxygens (including phenoxy) is 1. The fourth-order valence-corrected chi connectivity index (χ4v) is 3.88. The van der Waals surface area contributed by atoms with Gasteiger partial charge in [0.1, 0.15) is 17.3 Å². The molecule has 3 aromatic carbocycles. The topological polar surface area (TPSA) is 111 Å². The molecule has 1 aromatic heterocycles. The highest BCUT2D eigenvalue weighted by Crippen LogP contribution is 2.22. The Labute approximate surface area is 178 Å². The third kappa shape index (κ3) is 5.14. The van der Waals surface area contributed by atoms with E-state index in [1.807, 2.05) is 30.3 Å². The molecule has 1 amide bonds. The lowest BCUT2D eigenvalue weighted by atomic mass is 10.2. The summed E-state index contributed by atoms with van der Waals surface area (Å²) in [5, 5.41) is 9.86. The molecular weight excluding hydrogens is 418 g/mol. The maximum Gasteiger partial charge on any atom is 0.322 e. The summed E-state index contributed by atoms with van der Waals surface area (Å²) in [6.07, 6.45) is 0. The monoisotopic (exact) mass is 435 g/mol. The maximum absolute atomic E-state index is 12.4. The largest absolute Gasteiger partial charge is 0.457 e. The van der Waals surface area contributed by atoms with Crippen LogP contribution in [0.5, 0.6) is 11.5 Å². The number of carbonyl (C=O) groups excluding carboxylic acids is 1. The minimum Gasteiger partial charge on any atom is -0.457 e. The highest BCUT2D eigenvalue weighted by Gasteiger charge is 2.20. The van der Waals surface area contributed by atoms with Gasteiger partial charge in [-0.3, -0.25) is 10.1 Å². The van der Waals surface area contributed by atoms with Crippen LogP contribution < -0.4 is 10.1 Å². The highest BCUT2D eigenvalue weighted by molar-refractivity contribution is 7.90. The van der Waals surface area contributed by atoms with Gasteiger partial charge in [-0.05, 0) is 48.5 Å². The first-order valence-electron chi connectivity index (χ1n) is 9.24. The zero-order chi connectivity index (χ0) is 21.7. The van der Waals surface area contributed by atoms with E-state index in [2.05, 4.69) is 15.5 Å². The molecule has 0 bridgehead atoms. The van der Waals surface area contributed by atoms with E-state index in [1.165, 1.54) is 12.1 Å². The van der Waals surface area contributed by atoms with Gasteiger partial charge in [-0.15, -0.1) is 5.10 Å². The van der Waals surface area contributed by atoms with E-state index in [-0.39, 0.29) is 16.8 Å². The van der Waals surface area contributed by atoms with Gasteiger partial charge in [0.2, 0.25) is 5.89 Å². The van der Waals surface area contributed by atoms with E-state index in [1.54, 1.807) is 42.5 Å². The average Bonchev–Trinajstić information content (AvgIpc) is 3.21. The summed E-state index contributed by atoms with van der Waals surface area (Å²) in [5.41, 5.74) is 0.345. The number of sulfone groups is 1. The third-order valence-corrected chi connectivity index (χ3v) is 5.82. The van der Waals surface area contributed by atoms with Crippen molar-refractivity contribution in [2.45, 2.75) is 10.6 Å². The van der Waals surface area contributed by atoms with Gasteiger partial charge >= 0.3 is 6.01 Å². The van der Waals surface area contributed by atoms with Gasteiger partial charge < -0.3 is 9.15 Å². The summed E-state index contributed by atoms with van der Waals surface area (Å²) < 4.78 is 35.7. The predicted molar refractivity (Wildman–Crippen MR) is 113 cm³/mol. The van der Waals surface area contributed by atoms with Gasteiger partial charge in [-0.2, -0.15) is 0 Å². The van der Waals surface area contributed by atoms with Crippen molar-refractivity contribution >= 4 is 21.8 Å². The number of hydrogen-bond acceptors (Lipinski definition) is 7. The molecule has 0 spiro atoms. The number of benzene rings is 3. The van der Waals surface area contributed by atoms with Crippen LogP contribution >= 0.6 is 0 Å². The quantitative estimate of drug-likeness (QED) is 0.465. The number of anilines is 1. The molecule has 8 nitrogen and oxygen atoms in total. The van der Waals surface area contributed by atoms with Gasteiger partial charge in [-0.1, -0.05) is 41.5 Å². The van der Waals surface area contributed by atoms with Crippen molar-refractivity contribution in [2.75, 3.05) is 5.32 Å². The zero-order valence-corrected chi connectivity index (χ0v) is 17.0. The van der Waals surface area contributed by atoms with Crippen molar-refractivity contribution < 1.29 is 22.4 Å². The molecule has 0 unspecified atom stereocenters. The Morgan fingerprint density at radius 3 is 2.13 bits per heavy atom. The predicted octanol–water partition coefficient (Wildman–Crippen LogP) is 4.09. The summed E-state index contributed by atoms with van der Waals surface area (Å²) in [5.74, 6) is 0.196. The molecule has 4 rings (SSSR count). The molecule has 156 valence electrons. The van der Waals surface area contributed by atoms with E-state index in [4.69, 9.17) is 9.15 Å². The van der Waals surface area contributed by atoms with Gasteiger partial charge in [0.15, 0.2) is 9.84 Å². The van der Waals surface area contributed by atoms with Crippen LogP contribution in [-0.2, 0) is 15.6 Å². The van der Waals surface area contributed by atoms with Crippen LogP contribution in [0.15, 0.2) is 94.2 Å². The van der Waals surface area contributed by atoms with Crippen molar-refractivity contribution in [3.63, 3.8) is 0 Å². The number of hydrogen-bond donors (Lipinski definition) is 1. The van der Waals surface area contributed by atoms with Crippen LogP contribution in [0.4, 0.5) is 6.01 Å². The zero-order valence-electron chi connectivity index (χ0n) is 16.1. The lowest BCUT2D eigenvalue weighted by Gasteiger charge is -2.06. The number of para-hydroxylation sites is 1. The first kappa shape index (κ1) is 20.3. The van der Waals surface area contributed by atoms with E-state index < -0.39 is 21.5 Å². The lowest BCUT2D eigenvalue weighted by Crippen LogP contribution is -2.12. The van der Waals surface area contributed by atoms with E-state index in [9.17, 15) is 13.2 Å². The molecule has 4 aromatic rings. The smallest absolute Gasteiger partial charge is 0.322 e. The molecule has 0 saturated heterocycles. The van der Waals surface area contributed by atoms with Gasteiger partial charge in [0.05, 0.1) is 4.90 Å². The summed E-state index contributed by atoms with van der Waals surface area (Å²) >= 11 is 0. The fourth-order valence-electron chi connectivity index (χ4n) is 2.70. The number of nitrogens with zero attached hydrogens (tertiary/aromatic N) is 2. The summed E-state index contributed by atoms with van der Waals surface area (Å²) in [7, 11) is -3.63. The highest BCUT2D eigenvalue weighted by atomic mass is 32.2. The Kier molecular flexibility index (Phi) is 5.76. The number of carbonyl (C=O) groups is 1. The number of nitrogens with one attached hydrogen (secondary N) is 1. The second-order valence-corrected chi connectivity index (χ2v) is 8.46. The molecule has 0 atom stereocenters. The molecule has 1 N–H and O–H groups in total. The molecule has 0 saturated carbocycles. The van der Waals surface area contributed by atoms with Crippen molar-refractivity contribution in [3.05, 3.63) is 96.4 Å². The molecule has 0 radical (unpaired) electrons. The van der Waals surface area contributed by atoms with Crippen LogP contribution in [0.25, 0.3) is 0 Å². The fraction of sp³-hybridized carbons (Fsp3) is 0.0455. The van der Waals surface area contributed by atoms with Crippen molar-refractivity contribution in [1.29, 1.82) is 0 Å². The summed E-state index contributed by atoms with van der Waals surface area (Å²) in [4.78, 5) is 12.6. The minimum absolute atomic E-state index is 0.120. The molecule has 0 aliphatic rings. The third-order valence-electron chi connectivity index (χ3n) is 4.20. The standard InChI is InChI=1S/C22H17N3O5S/c26-21(16-11-13-18(14-12-16)29-17-7-3-1-4-8-17)23-22-25-24-20(30-22)15-31(27,28)19-9-5-2-6-10-19/h1-14H,15H2,(H,23,25,26). The normalized spacial score (nSPS) is 11.1. The summed E-state index contributed by atoms with van der Waals surface area (Å²) in [6.45, 7) is 0. The first-order valence-corrected chi connectivity index (χ1v) is 10.9. The molecule has 0 aliphatic heterocycles. The number of aromatic nitrogens is 2. The number of amides is 1. The van der Waals surface area contributed by atoms with Gasteiger partial charge in [-0.25, -0.2) is 8.42 Å². The Morgan fingerprint density at radius 1 is 0.839 bits per heavy atom. The van der Waals surface area contributed by atoms with Crippen LogP contribution in [0.1, 0.15) is 16.2 Å². The van der Waals surface area contributed by atoms with Crippen molar-refractivity contribution in [2.24, 2.45) is 0 Å². The molecular formula is C22H17N3O5S. The van der Waals surface area contributed by atoms with E-state index in [0.717, 1.165) is 0 Å². The minimum atomic E-state index is -3.63. The maximum atomic E-state index is 12.4. The molecule has 31 heavy (non-hydrogen) atoms. The van der Waals surface area contributed by atoms with E-state index >= 15 is 0 Å². The SMILES string of the molecule is O=C(Nc1nnc(CS(=O)(=O)c2ccccc2)o1)c1ccc(Oc2ccccc2)cc1. The van der Waals surface area contributed by atoms with Crippen LogP contribution in [-0.4, -0.2) is 24.5 Å². The Bertz CT molecular complexity index is 1270. The Morgan fingerprint density at radius 2 is 1.45 bits per heavy atom. The molecule has 0 fully saturated rings. The molecule has 1 heterocycles. The van der Waals surface area contributed by atoms with Gasteiger partial charge in [0, 0.05) is 5.56 Å². The Balaban J connectivity index is 1.39. The van der Waals surface area contributed by atoms with Crippen molar-refractivity contribution in [3.8, 4) is 11.5 Å². The van der Waals surface area contributed by atoms with Crippen molar-refractivity contribution in [1.82, 2.24) is 10.2 Å². The van der Waals surface area contributed by atoms with Crippen LogP contribution in [0.2, 0.25) is 0 Å². The average molecular weight is 435 g/mol.